The highest BCUT2D eigenvalue weighted by atomic mass is 15.3. The minimum atomic E-state index is 0.348. The molecule has 2 aliphatic rings. The number of hydrogen-bond acceptors (Lipinski definition) is 2. The molecule has 1 N–H and O–H groups in total. The smallest absolute Gasteiger partial charge is 0.0281 e. The SMILES string of the molecule is CCC1CN(C2CCCCCC2)C(C)(C)CN1. The number of nitrogens with one attached hydrogen (secondary N) is 1. The van der Waals surface area contributed by atoms with Crippen LogP contribution in [0.4, 0.5) is 0 Å². The molecule has 1 unspecified atom stereocenters. The molecule has 2 fully saturated rings. The van der Waals surface area contributed by atoms with E-state index in [-0.39, 0.29) is 0 Å². The van der Waals surface area contributed by atoms with Crippen molar-refractivity contribution in [1.82, 2.24) is 10.2 Å². The van der Waals surface area contributed by atoms with Crippen molar-refractivity contribution >= 4 is 0 Å². The Bertz CT molecular complexity index is 229. The van der Waals surface area contributed by atoms with Crippen molar-refractivity contribution in [1.29, 1.82) is 0 Å². The molecule has 2 rings (SSSR count). The van der Waals surface area contributed by atoms with Crippen molar-refractivity contribution in [3.8, 4) is 0 Å². The normalized spacial score (nSPS) is 32.3. The molecular formula is C15H30N2. The molecule has 0 radical (unpaired) electrons. The predicted octanol–water partition coefficient (Wildman–Crippen LogP) is 3.17. The molecule has 1 saturated carbocycles. The molecule has 1 heterocycles. The number of rotatable bonds is 2. The summed E-state index contributed by atoms with van der Waals surface area (Å²) in [4.78, 5) is 2.82. The van der Waals surface area contributed by atoms with Crippen molar-refractivity contribution in [3.05, 3.63) is 0 Å². The minimum absolute atomic E-state index is 0.348. The summed E-state index contributed by atoms with van der Waals surface area (Å²) >= 11 is 0. The van der Waals surface area contributed by atoms with Gasteiger partial charge in [-0.1, -0.05) is 32.6 Å². The van der Waals surface area contributed by atoms with Gasteiger partial charge in [0, 0.05) is 30.7 Å². The van der Waals surface area contributed by atoms with Crippen LogP contribution in [0.25, 0.3) is 0 Å². The summed E-state index contributed by atoms with van der Waals surface area (Å²) in [6.07, 6.45) is 9.93. The molecule has 1 saturated heterocycles. The Labute approximate surface area is 107 Å². The monoisotopic (exact) mass is 238 g/mol. The van der Waals surface area contributed by atoms with Crippen LogP contribution in [0.3, 0.4) is 0 Å². The summed E-state index contributed by atoms with van der Waals surface area (Å²) in [6, 6.07) is 1.56. The van der Waals surface area contributed by atoms with Gasteiger partial charge in [-0.15, -0.1) is 0 Å². The van der Waals surface area contributed by atoms with Gasteiger partial charge in [-0.2, -0.15) is 0 Å². The van der Waals surface area contributed by atoms with Crippen LogP contribution in [-0.2, 0) is 0 Å². The second kappa shape index (κ2) is 5.71. The Kier molecular flexibility index (Phi) is 4.48. The van der Waals surface area contributed by atoms with Crippen LogP contribution >= 0.6 is 0 Å². The third kappa shape index (κ3) is 3.23. The molecule has 0 aromatic rings. The van der Waals surface area contributed by atoms with Gasteiger partial charge in [-0.25, -0.2) is 0 Å². The summed E-state index contributed by atoms with van der Waals surface area (Å²) in [6.45, 7) is 9.55. The molecular weight excluding hydrogens is 208 g/mol. The molecule has 100 valence electrons. The van der Waals surface area contributed by atoms with Crippen LogP contribution < -0.4 is 5.32 Å². The van der Waals surface area contributed by atoms with Crippen LogP contribution in [0, 0.1) is 0 Å². The van der Waals surface area contributed by atoms with Crippen molar-refractivity contribution in [2.45, 2.75) is 83.3 Å². The molecule has 0 bridgehead atoms. The lowest BCUT2D eigenvalue weighted by atomic mass is 9.92. The fraction of sp³-hybridized carbons (Fsp3) is 1.00. The van der Waals surface area contributed by atoms with Crippen LogP contribution in [0.5, 0.6) is 0 Å². The highest BCUT2D eigenvalue weighted by Crippen LogP contribution is 2.29. The average molecular weight is 238 g/mol. The Morgan fingerprint density at radius 1 is 1.12 bits per heavy atom. The molecule has 0 amide bonds. The molecule has 2 heteroatoms. The zero-order valence-electron chi connectivity index (χ0n) is 12.0. The number of piperazine rings is 1. The van der Waals surface area contributed by atoms with E-state index in [0.717, 1.165) is 12.6 Å². The topological polar surface area (TPSA) is 15.3 Å². The van der Waals surface area contributed by atoms with E-state index in [0.29, 0.717) is 11.6 Å². The standard InChI is InChI=1S/C15H30N2/c1-4-13-11-17(15(2,3)12-16-13)14-9-7-5-6-8-10-14/h13-14,16H,4-12H2,1-3H3. The van der Waals surface area contributed by atoms with Gasteiger partial charge in [0.15, 0.2) is 0 Å². The van der Waals surface area contributed by atoms with Crippen molar-refractivity contribution < 1.29 is 0 Å². The summed E-state index contributed by atoms with van der Waals surface area (Å²) < 4.78 is 0. The maximum atomic E-state index is 3.70. The van der Waals surface area contributed by atoms with E-state index in [4.69, 9.17) is 0 Å². The summed E-state index contributed by atoms with van der Waals surface area (Å²) in [5.74, 6) is 0. The van der Waals surface area contributed by atoms with Gasteiger partial charge in [0.25, 0.3) is 0 Å². The second-order valence-electron chi connectivity index (χ2n) is 6.60. The van der Waals surface area contributed by atoms with Crippen LogP contribution in [0.1, 0.15) is 65.7 Å². The molecule has 17 heavy (non-hydrogen) atoms. The van der Waals surface area contributed by atoms with Gasteiger partial charge in [-0.05, 0) is 33.1 Å². The third-order valence-corrected chi connectivity index (χ3v) is 4.78. The van der Waals surface area contributed by atoms with Gasteiger partial charge < -0.3 is 5.32 Å². The quantitative estimate of drug-likeness (QED) is 0.743. The predicted molar refractivity (Wildman–Crippen MR) is 74.4 cm³/mol. The number of hydrogen-bond donors (Lipinski definition) is 1. The Hall–Kier alpha value is -0.0800. The summed E-state index contributed by atoms with van der Waals surface area (Å²) in [5, 5.41) is 3.70. The zero-order valence-corrected chi connectivity index (χ0v) is 12.0. The lowest BCUT2D eigenvalue weighted by Crippen LogP contribution is -2.64. The van der Waals surface area contributed by atoms with E-state index >= 15 is 0 Å². The molecule has 0 aromatic heterocycles. The Morgan fingerprint density at radius 3 is 2.35 bits per heavy atom. The first kappa shape index (κ1) is 13.4. The fourth-order valence-electron chi connectivity index (χ4n) is 3.53. The van der Waals surface area contributed by atoms with Crippen molar-refractivity contribution in [3.63, 3.8) is 0 Å². The average Bonchev–Trinajstić information content (AvgIpc) is 2.57. The molecule has 2 nitrogen and oxygen atoms in total. The van der Waals surface area contributed by atoms with Gasteiger partial charge in [0.1, 0.15) is 0 Å². The molecule has 0 spiro atoms. The van der Waals surface area contributed by atoms with E-state index in [9.17, 15) is 0 Å². The van der Waals surface area contributed by atoms with Crippen LogP contribution in [0.2, 0.25) is 0 Å². The second-order valence-corrected chi connectivity index (χ2v) is 6.60. The van der Waals surface area contributed by atoms with Crippen molar-refractivity contribution in [2.24, 2.45) is 0 Å². The highest BCUT2D eigenvalue weighted by Gasteiger charge is 2.37. The van der Waals surface area contributed by atoms with Gasteiger partial charge in [-0.3, -0.25) is 4.90 Å². The Balaban J connectivity index is 2.03. The van der Waals surface area contributed by atoms with Crippen LogP contribution in [0.15, 0.2) is 0 Å². The van der Waals surface area contributed by atoms with E-state index in [2.05, 4.69) is 31.0 Å². The molecule has 0 aromatic carbocycles. The summed E-state index contributed by atoms with van der Waals surface area (Å²) in [7, 11) is 0. The Morgan fingerprint density at radius 2 is 1.76 bits per heavy atom. The van der Waals surface area contributed by atoms with Gasteiger partial charge in [0.2, 0.25) is 0 Å². The first-order valence-electron chi connectivity index (χ1n) is 7.63. The van der Waals surface area contributed by atoms with Gasteiger partial charge in [0.05, 0.1) is 0 Å². The molecule has 1 atom stereocenters. The van der Waals surface area contributed by atoms with Gasteiger partial charge >= 0.3 is 0 Å². The maximum absolute atomic E-state index is 3.70. The lowest BCUT2D eigenvalue weighted by Gasteiger charge is -2.50. The van der Waals surface area contributed by atoms with Crippen LogP contribution in [-0.4, -0.2) is 35.6 Å². The minimum Gasteiger partial charge on any atom is -0.311 e. The van der Waals surface area contributed by atoms with E-state index in [1.807, 2.05) is 0 Å². The van der Waals surface area contributed by atoms with E-state index in [1.54, 1.807) is 0 Å². The fourth-order valence-corrected chi connectivity index (χ4v) is 3.53. The maximum Gasteiger partial charge on any atom is 0.0281 e. The first-order valence-corrected chi connectivity index (χ1v) is 7.63. The van der Waals surface area contributed by atoms with E-state index < -0.39 is 0 Å². The third-order valence-electron chi connectivity index (χ3n) is 4.78. The first-order chi connectivity index (χ1) is 8.13. The summed E-state index contributed by atoms with van der Waals surface area (Å²) in [5.41, 5.74) is 0.348. The zero-order chi connectivity index (χ0) is 12.3. The molecule has 1 aliphatic heterocycles. The number of nitrogens with zero attached hydrogens (tertiary/aromatic N) is 1. The largest absolute Gasteiger partial charge is 0.311 e. The van der Waals surface area contributed by atoms with Crippen molar-refractivity contribution in [2.75, 3.05) is 13.1 Å². The highest BCUT2D eigenvalue weighted by molar-refractivity contribution is 4.95. The van der Waals surface area contributed by atoms with E-state index in [1.165, 1.54) is 51.5 Å². The molecule has 1 aliphatic carbocycles. The lowest BCUT2D eigenvalue weighted by molar-refractivity contribution is 0.0182.